The topological polar surface area (TPSA) is 72.5 Å². The number of aliphatic hydroxyl groups is 1. The van der Waals surface area contributed by atoms with Crippen LogP contribution in [-0.4, -0.2) is 70.6 Å². The van der Waals surface area contributed by atoms with Crippen molar-refractivity contribution in [2.75, 3.05) is 33.8 Å². The maximum atomic E-state index is 12.8. The van der Waals surface area contributed by atoms with Crippen LogP contribution in [0.3, 0.4) is 0 Å². The van der Waals surface area contributed by atoms with Gasteiger partial charge in [0.05, 0.1) is 11.0 Å². The highest BCUT2D eigenvalue weighted by atomic mass is 16.3. The number of amides is 1. The molecule has 6 nitrogen and oxygen atoms in total. The molecule has 6 heteroatoms. The molecule has 1 fully saturated rings. The van der Waals surface area contributed by atoms with Crippen molar-refractivity contribution >= 4 is 16.9 Å². The Balaban J connectivity index is 1.61. The zero-order valence-corrected chi connectivity index (χ0v) is 17.7. The Bertz CT molecular complexity index is 814. The first-order valence-corrected chi connectivity index (χ1v) is 10.4. The van der Waals surface area contributed by atoms with Crippen LogP contribution in [0, 0.1) is 19.8 Å². The molecule has 154 valence electrons. The number of aliphatic hydroxyl groups excluding tert-OH is 1. The summed E-state index contributed by atoms with van der Waals surface area (Å²) >= 11 is 0. The highest BCUT2D eigenvalue weighted by molar-refractivity contribution is 5.80. The van der Waals surface area contributed by atoms with Crippen LogP contribution in [0.2, 0.25) is 0 Å². The number of fused-ring (bicyclic) bond motifs is 1. The number of nitrogens with zero attached hydrogens (tertiary/aromatic N) is 3. The van der Waals surface area contributed by atoms with Gasteiger partial charge in [0.15, 0.2) is 0 Å². The summed E-state index contributed by atoms with van der Waals surface area (Å²) in [7, 11) is 4.22. The Kier molecular flexibility index (Phi) is 6.73. The number of imidazole rings is 1. The second kappa shape index (κ2) is 9.05. The molecule has 0 unspecified atom stereocenters. The van der Waals surface area contributed by atoms with E-state index in [1.165, 1.54) is 11.1 Å². The van der Waals surface area contributed by atoms with Crippen LogP contribution in [0.25, 0.3) is 11.0 Å². The number of carbonyl (C=O) groups excluding carboxylic acids is 1. The Hall–Kier alpha value is -1.92. The third-order valence-electron chi connectivity index (χ3n) is 6.25. The van der Waals surface area contributed by atoms with Gasteiger partial charge in [-0.15, -0.1) is 0 Å². The monoisotopic (exact) mass is 386 g/mol. The second-order valence-electron chi connectivity index (χ2n) is 8.37. The molecule has 1 aromatic heterocycles. The number of rotatable bonds is 7. The molecular formula is C22H34N4O2. The van der Waals surface area contributed by atoms with E-state index in [1.54, 1.807) is 0 Å². The van der Waals surface area contributed by atoms with Gasteiger partial charge in [-0.25, -0.2) is 4.98 Å². The van der Waals surface area contributed by atoms with E-state index in [0.717, 1.165) is 49.2 Å². The highest BCUT2D eigenvalue weighted by Gasteiger charge is 2.32. The molecule has 0 aliphatic carbocycles. The van der Waals surface area contributed by atoms with Gasteiger partial charge in [-0.3, -0.25) is 4.79 Å². The number of aromatic amines is 1. The number of piperidine rings is 1. The second-order valence-corrected chi connectivity index (χ2v) is 8.37. The molecule has 2 atom stereocenters. The maximum Gasteiger partial charge on any atom is 0.223 e. The summed E-state index contributed by atoms with van der Waals surface area (Å²) in [4.78, 5) is 25.2. The van der Waals surface area contributed by atoms with E-state index in [2.05, 4.69) is 50.0 Å². The standard InChI is InChI=1S/C22H34N4O2/c1-15-7-8-18-22(16(15)2)24-20(23-18)9-10-21(28)26-12-11-19(25(3)4)17(14-26)6-5-13-27/h7-8,17,19,27H,5-6,9-14H2,1-4H3,(H,23,24)/t17-,19+/m1/s1. The van der Waals surface area contributed by atoms with E-state index >= 15 is 0 Å². The van der Waals surface area contributed by atoms with Crippen molar-refractivity contribution in [2.24, 2.45) is 5.92 Å². The normalized spacial score (nSPS) is 20.3. The molecule has 0 spiro atoms. The van der Waals surface area contributed by atoms with Gasteiger partial charge in [-0.2, -0.15) is 0 Å². The SMILES string of the molecule is Cc1ccc2[nH]c(CCC(=O)N3CC[C@H](N(C)C)[C@H](CCCO)C3)nc2c1C. The number of benzene rings is 1. The molecule has 0 bridgehead atoms. The first kappa shape index (κ1) is 20.8. The van der Waals surface area contributed by atoms with Gasteiger partial charge in [0.1, 0.15) is 5.82 Å². The van der Waals surface area contributed by atoms with Crippen LogP contribution >= 0.6 is 0 Å². The summed E-state index contributed by atoms with van der Waals surface area (Å²) in [6.07, 6.45) is 3.89. The number of likely N-dealkylation sites (tertiary alicyclic amines) is 1. The van der Waals surface area contributed by atoms with Crippen LogP contribution in [0.15, 0.2) is 12.1 Å². The lowest BCUT2D eigenvalue weighted by Crippen LogP contribution is -2.50. The molecule has 2 heterocycles. The first-order chi connectivity index (χ1) is 13.4. The van der Waals surface area contributed by atoms with Crippen LogP contribution in [-0.2, 0) is 11.2 Å². The zero-order valence-electron chi connectivity index (χ0n) is 17.7. The molecule has 1 aliphatic rings. The molecule has 2 N–H and O–H groups in total. The lowest BCUT2D eigenvalue weighted by Gasteiger charge is -2.41. The van der Waals surface area contributed by atoms with Gasteiger partial charge >= 0.3 is 0 Å². The van der Waals surface area contributed by atoms with Gasteiger partial charge in [0.25, 0.3) is 0 Å². The lowest BCUT2D eigenvalue weighted by molar-refractivity contribution is -0.134. The maximum absolute atomic E-state index is 12.8. The van der Waals surface area contributed by atoms with Gasteiger partial charge in [0, 0.05) is 38.6 Å². The predicted octanol–water partition coefficient (Wildman–Crippen LogP) is 2.66. The lowest BCUT2D eigenvalue weighted by atomic mass is 9.87. The number of H-pyrrole nitrogens is 1. The van der Waals surface area contributed by atoms with Crippen molar-refractivity contribution in [3.63, 3.8) is 0 Å². The smallest absolute Gasteiger partial charge is 0.223 e. The minimum absolute atomic E-state index is 0.208. The van der Waals surface area contributed by atoms with Gasteiger partial charge in [-0.05, 0) is 70.3 Å². The molecular weight excluding hydrogens is 352 g/mol. The van der Waals surface area contributed by atoms with E-state index in [0.29, 0.717) is 24.8 Å². The molecule has 2 aromatic rings. The van der Waals surface area contributed by atoms with Crippen molar-refractivity contribution in [3.8, 4) is 0 Å². The summed E-state index contributed by atoms with van der Waals surface area (Å²) in [6, 6.07) is 4.65. The van der Waals surface area contributed by atoms with E-state index in [9.17, 15) is 9.90 Å². The van der Waals surface area contributed by atoms with Crippen molar-refractivity contribution in [1.29, 1.82) is 0 Å². The molecule has 3 rings (SSSR count). The average molecular weight is 387 g/mol. The predicted molar refractivity (Wildman–Crippen MR) is 112 cm³/mol. The van der Waals surface area contributed by atoms with Crippen molar-refractivity contribution in [3.05, 3.63) is 29.1 Å². The summed E-state index contributed by atoms with van der Waals surface area (Å²) in [5.41, 5.74) is 4.49. The molecule has 1 aromatic carbocycles. The van der Waals surface area contributed by atoms with Gasteiger partial charge in [-0.1, -0.05) is 6.07 Å². The third-order valence-corrected chi connectivity index (χ3v) is 6.25. The number of nitrogens with one attached hydrogen (secondary N) is 1. The Morgan fingerprint density at radius 3 is 2.86 bits per heavy atom. The van der Waals surface area contributed by atoms with Crippen LogP contribution in [0.5, 0.6) is 0 Å². The fourth-order valence-corrected chi connectivity index (χ4v) is 4.43. The van der Waals surface area contributed by atoms with E-state index in [1.807, 2.05) is 4.90 Å². The Morgan fingerprint density at radius 2 is 2.14 bits per heavy atom. The minimum Gasteiger partial charge on any atom is -0.396 e. The largest absolute Gasteiger partial charge is 0.396 e. The summed E-state index contributed by atoms with van der Waals surface area (Å²) in [6.45, 7) is 6.01. The van der Waals surface area contributed by atoms with E-state index < -0.39 is 0 Å². The number of hydrogen-bond acceptors (Lipinski definition) is 4. The molecule has 0 radical (unpaired) electrons. The molecule has 1 saturated heterocycles. The molecule has 28 heavy (non-hydrogen) atoms. The highest BCUT2D eigenvalue weighted by Crippen LogP contribution is 2.26. The number of hydrogen-bond donors (Lipinski definition) is 2. The fourth-order valence-electron chi connectivity index (χ4n) is 4.43. The van der Waals surface area contributed by atoms with E-state index in [-0.39, 0.29) is 12.5 Å². The minimum atomic E-state index is 0.208. The number of aromatic nitrogens is 2. The average Bonchev–Trinajstić information content (AvgIpc) is 3.11. The summed E-state index contributed by atoms with van der Waals surface area (Å²) in [5.74, 6) is 1.52. The third kappa shape index (κ3) is 4.55. The fraction of sp³-hybridized carbons (Fsp3) is 0.636. The Morgan fingerprint density at radius 1 is 1.36 bits per heavy atom. The van der Waals surface area contributed by atoms with Crippen molar-refractivity contribution in [1.82, 2.24) is 19.8 Å². The number of carbonyl (C=O) groups is 1. The van der Waals surface area contributed by atoms with Crippen molar-refractivity contribution in [2.45, 2.75) is 52.0 Å². The number of aryl methyl sites for hydroxylation is 3. The van der Waals surface area contributed by atoms with Crippen LogP contribution in [0.4, 0.5) is 0 Å². The molecule has 1 amide bonds. The zero-order chi connectivity index (χ0) is 20.3. The Labute approximate surface area is 167 Å². The molecule has 1 aliphatic heterocycles. The summed E-state index contributed by atoms with van der Waals surface area (Å²) in [5, 5.41) is 9.20. The van der Waals surface area contributed by atoms with Crippen LogP contribution < -0.4 is 0 Å². The first-order valence-electron chi connectivity index (χ1n) is 10.4. The quantitative estimate of drug-likeness (QED) is 0.767. The van der Waals surface area contributed by atoms with Gasteiger partial charge < -0.3 is 19.9 Å². The van der Waals surface area contributed by atoms with Gasteiger partial charge in [0.2, 0.25) is 5.91 Å². The summed E-state index contributed by atoms with van der Waals surface area (Å²) < 4.78 is 0. The van der Waals surface area contributed by atoms with E-state index in [4.69, 9.17) is 4.98 Å². The molecule has 0 saturated carbocycles. The van der Waals surface area contributed by atoms with Crippen LogP contribution in [0.1, 0.15) is 42.6 Å². The van der Waals surface area contributed by atoms with Crippen molar-refractivity contribution < 1.29 is 9.90 Å².